The third-order valence-electron chi connectivity index (χ3n) is 8.72. The molecule has 9 nitrogen and oxygen atoms in total. The van der Waals surface area contributed by atoms with Crippen LogP contribution in [-0.2, 0) is 32.7 Å². The molecule has 0 radical (unpaired) electrons. The molecule has 0 N–H and O–H groups in total. The molecule has 0 rings (SSSR count). The molecular formula is C41H78NO8P. The van der Waals surface area contributed by atoms with Crippen LogP contribution in [0.4, 0.5) is 0 Å². The first-order valence-corrected chi connectivity index (χ1v) is 22.0. The van der Waals surface area contributed by atoms with E-state index < -0.39 is 26.5 Å². The molecule has 0 aliphatic carbocycles. The Bertz CT molecular complexity index is 933. The van der Waals surface area contributed by atoms with E-state index in [1.54, 1.807) is 0 Å². The van der Waals surface area contributed by atoms with Crippen LogP contribution in [-0.4, -0.2) is 70.0 Å². The highest BCUT2D eigenvalue weighted by atomic mass is 31.2. The van der Waals surface area contributed by atoms with Crippen LogP contribution in [0.5, 0.6) is 0 Å². The number of unbranched alkanes of at least 4 members (excludes halogenated alkanes) is 19. The molecule has 0 aromatic rings. The number of phosphoric ester groups is 1. The Balaban J connectivity index is 4.38. The summed E-state index contributed by atoms with van der Waals surface area (Å²) < 4.78 is 33.8. The lowest BCUT2D eigenvalue weighted by Crippen LogP contribution is -2.37. The number of rotatable bonds is 37. The highest BCUT2D eigenvalue weighted by Gasteiger charge is 2.21. The fraction of sp³-hybridized carbons (Fsp3) is 0.854. The lowest BCUT2D eigenvalue weighted by atomic mass is 10.1. The van der Waals surface area contributed by atoms with Crippen LogP contribution in [0.3, 0.4) is 0 Å². The Morgan fingerprint density at radius 1 is 0.608 bits per heavy atom. The molecule has 0 fully saturated rings. The Morgan fingerprint density at radius 3 is 1.59 bits per heavy atom. The van der Waals surface area contributed by atoms with Crippen molar-refractivity contribution in [2.45, 2.75) is 180 Å². The average Bonchev–Trinajstić information content (AvgIpc) is 3.07. The van der Waals surface area contributed by atoms with Crippen LogP contribution >= 0.6 is 7.82 Å². The van der Waals surface area contributed by atoms with E-state index in [4.69, 9.17) is 18.5 Å². The first-order valence-electron chi connectivity index (χ1n) is 20.5. The monoisotopic (exact) mass is 744 g/mol. The quantitative estimate of drug-likeness (QED) is 0.0203. The van der Waals surface area contributed by atoms with Crippen molar-refractivity contribution in [3.05, 3.63) is 24.3 Å². The van der Waals surface area contributed by atoms with Crippen molar-refractivity contribution in [2.75, 3.05) is 47.5 Å². The Labute approximate surface area is 313 Å². The first-order chi connectivity index (χ1) is 24.5. The summed E-state index contributed by atoms with van der Waals surface area (Å²) in [6.45, 7) is 4.17. The topological polar surface area (TPSA) is 111 Å². The predicted octanol–water partition coefficient (Wildman–Crippen LogP) is 10.6. The van der Waals surface area contributed by atoms with Gasteiger partial charge < -0.3 is 27.9 Å². The van der Waals surface area contributed by atoms with Crippen molar-refractivity contribution in [3.63, 3.8) is 0 Å². The van der Waals surface area contributed by atoms with Gasteiger partial charge in [0.2, 0.25) is 0 Å². The lowest BCUT2D eigenvalue weighted by Gasteiger charge is -2.28. The predicted molar refractivity (Wildman–Crippen MR) is 208 cm³/mol. The number of likely N-dealkylation sites (N-methyl/N-ethyl adjacent to an activating group) is 1. The van der Waals surface area contributed by atoms with Crippen LogP contribution in [0.15, 0.2) is 24.3 Å². The molecule has 0 aliphatic rings. The summed E-state index contributed by atoms with van der Waals surface area (Å²) in [7, 11) is 1.16. The van der Waals surface area contributed by atoms with Gasteiger partial charge in [0, 0.05) is 12.8 Å². The van der Waals surface area contributed by atoms with Gasteiger partial charge in [0.15, 0.2) is 6.10 Å². The second-order valence-electron chi connectivity index (χ2n) is 15.0. The maximum atomic E-state index is 12.6. The first kappa shape index (κ1) is 49.5. The summed E-state index contributed by atoms with van der Waals surface area (Å²) >= 11 is 0. The number of esters is 2. The standard InChI is InChI=1S/C41H78NO8P/c1-6-8-10-12-14-16-18-19-20-21-22-23-24-26-28-30-32-34-41(44)50-39(38-49-51(45,46)48-36-35-42(3,4)5)37-47-40(43)33-31-29-27-25-17-15-13-11-9-7-2/h14,16,19-20,39H,6-13,15,17-18,21-38H2,1-5H3/b16-14-,20-19-. The van der Waals surface area contributed by atoms with E-state index >= 15 is 0 Å². The second-order valence-corrected chi connectivity index (χ2v) is 16.4. The van der Waals surface area contributed by atoms with Crippen LogP contribution in [0.25, 0.3) is 0 Å². The molecule has 0 aliphatic heterocycles. The number of hydrogen-bond acceptors (Lipinski definition) is 8. The highest BCUT2D eigenvalue weighted by molar-refractivity contribution is 7.45. The van der Waals surface area contributed by atoms with Gasteiger partial charge in [-0.05, 0) is 44.9 Å². The normalized spacial score (nSPS) is 13.9. The summed E-state index contributed by atoms with van der Waals surface area (Å²) in [5.74, 6) is -0.843. The summed E-state index contributed by atoms with van der Waals surface area (Å²) in [5.41, 5.74) is 0. The molecular weight excluding hydrogens is 665 g/mol. The van der Waals surface area contributed by atoms with Gasteiger partial charge in [0.1, 0.15) is 19.8 Å². The van der Waals surface area contributed by atoms with Crippen LogP contribution < -0.4 is 4.89 Å². The van der Waals surface area contributed by atoms with Crippen LogP contribution in [0, 0.1) is 0 Å². The van der Waals surface area contributed by atoms with Gasteiger partial charge in [-0.2, -0.15) is 0 Å². The zero-order chi connectivity index (χ0) is 37.9. The molecule has 0 amide bonds. The molecule has 0 bridgehead atoms. The summed E-state index contributed by atoms with van der Waals surface area (Å²) in [6.07, 6.45) is 34.8. The molecule has 0 heterocycles. The zero-order valence-corrected chi connectivity index (χ0v) is 34.4. The number of carbonyl (C=O) groups excluding carboxylic acids is 2. The molecule has 0 spiro atoms. The highest BCUT2D eigenvalue weighted by Crippen LogP contribution is 2.38. The fourth-order valence-electron chi connectivity index (χ4n) is 5.45. The minimum atomic E-state index is -4.62. The maximum absolute atomic E-state index is 12.6. The number of hydrogen-bond donors (Lipinski definition) is 0. The van der Waals surface area contributed by atoms with Gasteiger partial charge >= 0.3 is 11.9 Å². The summed E-state index contributed by atoms with van der Waals surface area (Å²) in [6, 6.07) is 0. The summed E-state index contributed by atoms with van der Waals surface area (Å²) in [4.78, 5) is 37.4. The van der Waals surface area contributed by atoms with E-state index in [0.717, 1.165) is 51.4 Å². The van der Waals surface area contributed by atoms with Gasteiger partial charge in [-0.25, -0.2) is 0 Å². The van der Waals surface area contributed by atoms with Crippen molar-refractivity contribution in [2.24, 2.45) is 0 Å². The Hall–Kier alpha value is -1.51. The van der Waals surface area contributed by atoms with E-state index in [-0.39, 0.29) is 32.0 Å². The van der Waals surface area contributed by atoms with E-state index in [9.17, 15) is 19.0 Å². The molecule has 2 atom stereocenters. The van der Waals surface area contributed by atoms with Gasteiger partial charge in [0.05, 0.1) is 27.7 Å². The van der Waals surface area contributed by atoms with E-state index in [1.807, 2.05) is 21.1 Å². The lowest BCUT2D eigenvalue weighted by molar-refractivity contribution is -0.870. The van der Waals surface area contributed by atoms with E-state index in [1.165, 1.54) is 89.9 Å². The van der Waals surface area contributed by atoms with Crippen molar-refractivity contribution in [3.8, 4) is 0 Å². The van der Waals surface area contributed by atoms with E-state index in [2.05, 4.69) is 38.2 Å². The number of ether oxygens (including phenoxy) is 2. The second kappa shape index (κ2) is 34.3. The minimum Gasteiger partial charge on any atom is -0.756 e. The minimum absolute atomic E-state index is 0.0310. The molecule has 0 aromatic carbocycles. The van der Waals surface area contributed by atoms with Gasteiger partial charge in [-0.1, -0.05) is 141 Å². The van der Waals surface area contributed by atoms with Crippen molar-refractivity contribution in [1.82, 2.24) is 0 Å². The fourth-order valence-corrected chi connectivity index (χ4v) is 6.18. The molecule has 2 unspecified atom stereocenters. The number of carbonyl (C=O) groups is 2. The van der Waals surface area contributed by atoms with Gasteiger partial charge in [-0.3, -0.25) is 14.2 Å². The largest absolute Gasteiger partial charge is 0.756 e. The number of phosphoric acid groups is 1. The third-order valence-corrected chi connectivity index (χ3v) is 9.69. The van der Waals surface area contributed by atoms with Crippen LogP contribution in [0.1, 0.15) is 174 Å². The zero-order valence-electron chi connectivity index (χ0n) is 33.6. The molecule has 300 valence electrons. The smallest absolute Gasteiger partial charge is 0.306 e. The van der Waals surface area contributed by atoms with Gasteiger partial charge in [0.25, 0.3) is 7.82 Å². The number of quaternary nitrogens is 1. The number of nitrogens with zero attached hydrogens (tertiary/aromatic N) is 1. The molecule has 0 aromatic heterocycles. The van der Waals surface area contributed by atoms with Crippen molar-refractivity contribution < 1.29 is 42.1 Å². The average molecular weight is 744 g/mol. The van der Waals surface area contributed by atoms with Crippen molar-refractivity contribution >= 4 is 19.8 Å². The third kappa shape index (κ3) is 38.0. The van der Waals surface area contributed by atoms with E-state index in [0.29, 0.717) is 17.4 Å². The van der Waals surface area contributed by atoms with Crippen molar-refractivity contribution in [1.29, 1.82) is 0 Å². The maximum Gasteiger partial charge on any atom is 0.306 e. The number of allylic oxidation sites excluding steroid dienone is 4. The summed E-state index contributed by atoms with van der Waals surface area (Å²) in [5, 5.41) is 0. The molecule has 10 heteroatoms. The Kier molecular flexibility index (Phi) is 33.3. The van der Waals surface area contributed by atoms with Gasteiger partial charge in [-0.15, -0.1) is 0 Å². The van der Waals surface area contributed by atoms with Crippen LogP contribution in [0.2, 0.25) is 0 Å². The molecule has 0 saturated carbocycles. The Morgan fingerprint density at radius 2 is 1.06 bits per heavy atom. The molecule has 0 saturated heterocycles. The molecule has 51 heavy (non-hydrogen) atoms. The SMILES string of the molecule is CCCCC/C=C\C/C=C\CCCCCCCCCC(=O)OC(COC(=O)CCCCCCCCCCCC)COP(=O)([O-])OCC[N+](C)(C)C.